The molecule has 0 aliphatic heterocycles. The van der Waals surface area contributed by atoms with Crippen LogP contribution >= 0.6 is 0 Å². The second kappa shape index (κ2) is 7.67. The van der Waals surface area contributed by atoms with Gasteiger partial charge in [0.05, 0.1) is 12.5 Å². The van der Waals surface area contributed by atoms with Crippen LogP contribution in [0, 0.1) is 0 Å². The molecule has 1 heterocycles. The highest BCUT2D eigenvalue weighted by Crippen LogP contribution is 2.27. The van der Waals surface area contributed by atoms with Crippen molar-refractivity contribution in [2.45, 2.75) is 32.7 Å². The number of hydrogen-bond acceptors (Lipinski definition) is 3. The van der Waals surface area contributed by atoms with Crippen LogP contribution in [0.25, 0.3) is 11.0 Å². The molecule has 1 aromatic heterocycles. The van der Waals surface area contributed by atoms with Gasteiger partial charge in [-0.2, -0.15) is 0 Å². The molecule has 0 spiro atoms. The molecule has 0 bridgehead atoms. The fourth-order valence-electron chi connectivity index (χ4n) is 2.45. The number of nitrogens with one attached hydrogen (secondary N) is 1. The summed E-state index contributed by atoms with van der Waals surface area (Å²) in [6.45, 7) is 4.57. The molecule has 0 aliphatic carbocycles. The topological polar surface area (TPSA) is 82.8 Å². The van der Waals surface area contributed by atoms with Crippen molar-refractivity contribution in [3.8, 4) is 0 Å². The maximum atomic E-state index is 12.3. The lowest BCUT2D eigenvalue weighted by Gasteiger charge is -2.27. The van der Waals surface area contributed by atoms with E-state index in [0.717, 1.165) is 17.4 Å². The molecule has 1 atom stereocenters. The summed E-state index contributed by atoms with van der Waals surface area (Å²) in [5.41, 5.74) is 0.789. The van der Waals surface area contributed by atoms with E-state index in [2.05, 4.69) is 5.32 Å². The van der Waals surface area contributed by atoms with E-state index in [0.29, 0.717) is 12.3 Å². The number of rotatable bonds is 7. The summed E-state index contributed by atoms with van der Waals surface area (Å²) < 4.78 is 5.83. The van der Waals surface area contributed by atoms with E-state index in [1.165, 1.54) is 0 Å². The number of carboxylic acids is 1. The molecular formula is C17H22N2O4. The fraction of sp³-hybridized carbons (Fsp3) is 0.412. The Morgan fingerprint density at radius 1 is 1.35 bits per heavy atom. The zero-order valence-corrected chi connectivity index (χ0v) is 13.4. The van der Waals surface area contributed by atoms with Gasteiger partial charge in [0.2, 0.25) is 0 Å². The maximum Gasteiger partial charge on any atom is 0.318 e. The Labute approximate surface area is 135 Å². The molecule has 1 aromatic carbocycles. The predicted octanol–water partition coefficient (Wildman–Crippen LogP) is 3.39. The standard InChI is InChI=1S/C17H22N2O4/c1-3-10-19(17(22)18-9-8-16(20)21)12(2)15-11-13-6-4-5-7-14(13)23-15/h4-7,11-12H,3,8-10H2,1-2H3,(H,18,22)(H,20,21). The molecule has 124 valence electrons. The Balaban J connectivity index is 2.11. The number of fused-ring (bicyclic) bond motifs is 1. The average Bonchev–Trinajstić information content (AvgIpc) is 2.95. The number of carbonyl (C=O) groups is 2. The van der Waals surface area contributed by atoms with Crippen LogP contribution in [0.15, 0.2) is 34.7 Å². The monoisotopic (exact) mass is 318 g/mol. The molecule has 0 saturated heterocycles. The molecule has 0 saturated carbocycles. The molecule has 23 heavy (non-hydrogen) atoms. The Hall–Kier alpha value is -2.50. The van der Waals surface area contributed by atoms with Crippen LogP contribution in [0.2, 0.25) is 0 Å². The molecule has 2 rings (SSSR count). The fourth-order valence-corrected chi connectivity index (χ4v) is 2.45. The van der Waals surface area contributed by atoms with Crippen molar-refractivity contribution >= 4 is 23.0 Å². The van der Waals surface area contributed by atoms with E-state index in [1.54, 1.807) is 4.90 Å². The van der Waals surface area contributed by atoms with Crippen molar-refractivity contribution in [3.63, 3.8) is 0 Å². The van der Waals surface area contributed by atoms with Crippen molar-refractivity contribution in [2.24, 2.45) is 0 Å². The molecule has 2 N–H and O–H groups in total. The van der Waals surface area contributed by atoms with Crippen LogP contribution in [-0.2, 0) is 4.79 Å². The molecule has 2 amide bonds. The van der Waals surface area contributed by atoms with Crippen molar-refractivity contribution in [3.05, 3.63) is 36.1 Å². The first-order valence-corrected chi connectivity index (χ1v) is 7.77. The van der Waals surface area contributed by atoms with Gasteiger partial charge in [-0.05, 0) is 25.5 Å². The van der Waals surface area contributed by atoms with Gasteiger partial charge in [0.25, 0.3) is 0 Å². The Kier molecular flexibility index (Phi) is 5.62. The van der Waals surface area contributed by atoms with Crippen LogP contribution in [0.5, 0.6) is 0 Å². The van der Waals surface area contributed by atoms with Crippen LogP contribution in [-0.4, -0.2) is 35.1 Å². The van der Waals surface area contributed by atoms with Gasteiger partial charge in [-0.3, -0.25) is 4.79 Å². The molecule has 6 heteroatoms. The summed E-state index contributed by atoms with van der Waals surface area (Å²) >= 11 is 0. The maximum absolute atomic E-state index is 12.3. The van der Waals surface area contributed by atoms with Crippen LogP contribution < -0.4 is 5.32 Å². The third kappa shape index (κ3) is 4.25. The molecule has 2 aromatic rings. The molecule has 6 nitrogen and oxygen atoms in total. The normalized spacial score (nSPS) is 12.1. The lowest BCUT2D eigenvalue weighted by atomic mass is 10.2. The Morgan fingerprint density at radius 2 is 2.09 bits per heavy atom. The van der Waals surface area contributed by atoms with Gasteiger partial charge in [-0.1, -0.05) is 25.1 Å². The number of hydrogen-bond donors (Lipinski definition) is 2. The first-order chi connectivity index (χ1) is 11.0. The SMILES string of the molecule is CCCN(C(=O)NCCC(=O)O)C(C)c1cc2ccccc2o1. The lowest BCUT2D eigenvalue weighted by molar-refractivity contribution is -0.136. The number of furan rings is 1. The number of amides is 2. The predicted molar refractivity (Wildman–Crippen MR) is 87.3 cm³/mol. The highest BCUT2D eigenvalue weighted by Gasteiger charge is 2.23. The number of carbonyl (C=O) groups excluding carboxylic acids is 1. The molecule has 1 unspecified atom stereocenters. The van der Waals surface area contributed by atoms with Gasteiger partial charge in [0.1, 0.15) is 11.3 Å². The van der Waals surface area contributed by atoms with Crippen molar-refractivity contribution in [1.29, 1.82) is 0 Å². The summed E-state index contributed by atoms with van der Waals surface area (Å²) in [6.07, 6.45) is 0.710. The minimum atomic E-state index is -0.933. The summed E-state index contributed by atoms with van der Waals surface area (Å²) in [5.74, 6) is -0.217. The third-order valence-corrected chi connectivity index (χ3v) is 3.66. The second-order valence-corrected chi connectivity index (χ2v) is 5.43. The van der Waals surface area contributed by atoms with Crippen LogP contribution in [0.3, 0.4) is 0 Å². The Morgan fingerprint density at radius 3 is 2.74 bits per heavy atom. The van der Waals surface area contributed by atoms with E-state index in [-0.39, 0.29) is 25.0 Å². The Bertz CT molecular complexity index is 647. The van der Waals surface area contributed by atoms with Gasteiger partial charge in [0, 0.05) is 18.5 Å². The van der Waals surface area contributed by atoms with E-state index >= 15 is 0 Å². The number of aliphatic carboxylic acids is 1. The van der Waals surface area contributed by atoms with E-state index in [9.17, 15) is 9.59 Å². The largest absolute Gasteiger partial charge is 0.481 e. The summed E-state index contributed by atoms with van der Waals surface area (Å²) in [6, 6.07) is 9.13. The van der Waals surface area contributed by atoms with Gasteiger partial charge >= 0.3 is 12.0 Å². The number of carboxylic acid groups (broad SMARTS) is 1. The molecule has 0 fully saturated rings. The third-order valence-electron chi connectivity index (χ3n) is 3.66. The molecule has 0 radical (unpaired) electrons. The molecular weight excluding hydrogens is 296 g/mol. The van der Waals surface area contributed by atoms with Gasteiger partial charge in [-0.15, -0.1) is 0 Å². The summed E-state index contributed by atoms with van der Waals surface area (Å²) in [5, 5.41) is 12.3. The number of para-hydroxylation sites is 1. The lowest BCUT2D eigenvalue weighted by Crippen LogP contribution is -2.42. The van der Waals surface area contributed by atoms with Crippen molar-refractivity contribution in [1.82, 2.24) is 10.2 Å². The number of benzene rings is 1. The first-order valence-electron chi connectivity index (χ1n) is 7.77. The van der Waals surface area contributed by atoms with Crippen LogP contribution in [0.4, 0.5) is 4.79 Å². The smallest absolute Gasteiger partial charge is 0.318 e. The van der Waals surface area contributed by atoms with Crippen molar-refractivity contribution in [2.75, 3.05) is 13.1 Å². The van der Waals surface area contributed by atoms with E-state index < -0.39 is 5.97 Å². The summed E-state index contributed by atoms with van der Waals surface area (Å²) in [4.78, 5) is 24.5. The molecule has 0 aliphatic rings. The zero-order valence-electron chi connectivity index (χ0n) is 13.4. The first kappa shape index (κ1) is 16.9. The average molecular weight is 318 g/mol. The van der Waals surface area contributed by atoms with Crippen LogP contribution in [0.1, 0.15) is 38.5 Å². The quantitative estimate of drug-likeness (QED) is 0.819. The minimum Gasteiger partial charge on any atom is -0.481 e. The highest BCUT2D eigenvalue weighted by molar-refractivity contribution is 5.79. The van der Waals surface area contributed by atoms with Gasteiger partial charge < -0.3 is 19.7 Å². The van der Waals surface area contributed by atoms with E-state index in [4.69, 9.17) is 9.52 Å². The number of nitrogens with zero attached hydrogens (tertiary/aromatic N) is 1. The van der Waals surface area contributed by atoms with Crippen molar-refractivity contribution < 1.29 is 19.1 Å². The van der Waals surface area contributed by atoms with Gasteiger partial charge in [-0.25, -0.2) is 4.79 Å². The summed E-state index contributed by atoms with van der Waals surface area (Å²) in [7, 11) is 0. The van der Waals surface area contributed by atoms with E-state index in [1.807, 2.05) is 44.2 Å². The minimum absolute atomic E-state index is 0.0925. The zero-order chi connectivity index (χ0) is 16.8. The van der Waals surface area contributed by atoms with Gasteiger partial charge in [0.15, 0.2) is 0 Å². The second-order valence-electron chi connectivity index (χ2n) is 5.43. The number of urea groups is 1. The highest BCUT2D eigenvalue weighted by atomic mass is 16.4.